The molecule has 24 heavy (non-hydrogen) atoms. The fourth-order valence-corrected chi connectivity index (χ4v) is 4.79. The van der Waals surface area contributed by atoms with Crippen LogP contribution in [0, 0.1) is 0 Å². The van der Waals surface area contributed by atoms with Gasteiger partial charge >= 0.3 is 0 Å². The second kappa shape index (κ2) is 8.41. The maximum Gasteiger partial charge on any atom is 0.0352 e. The Labute approximate surface area is 152 Å². The molecule has 0 aliphatic heterocycles. The molecule has 0 amide bonds. The summed E-state index contributed by atoms with van der Waals surface area (Å²) in [5.74, 6) is 0.982. The Morgan fingerprint density at radius 2 is 1.96 bits per heavy atom. The summed E-state index contributed by atoms with van der Waals surface area (Å²) >= 11 is 3.73. The molecule has 0 radical (unpaired) electrons. The highest BCUT2D eigenvalue weighted by atomic mass is 32.2. The lowest BCUT2D eigenvalue weighted by Gasteiger charge is -2.11. The number of thioether (sulfide) groups is 1. The zero-order valence-corrected chi connectivity index (χ0v) is 15.7. The summed E-state index contributed by atoms with van der Waals surface area (Å²) in [4.78, 5) is 2.74. The monoisotopic (exact) mass is 353 g/mol. The molecule has 3 heteroatoms. The van der Waals surface area contributed by atoms with Crippen LogP contribution >= 0.6 is 23.1 Å². The zero-order chi connectivity index (χ0) is 16.8. The van der Waals surface area contributed by atoms with Crippen LogP contribution in [-0.4, -0.2) is 6.54 Å². The minimum atomic E-state index is 0.982. The Balaban J connectivity index is 1.71. The molecular weight excluding hydrogens is 330 g/mol. The fraction of sp³-hybridized carbons (Fsp3) is 0.238. The molecular formula is C21H23NS2. The topological polar surface area (TPSA) is 12.0 Å². The first-order chi connectivity index (χ1) is 11.8. The Morgan fingerprint density at radius 3 is 2.83 bits per heavy atom. The van der Waals surface area contributed by atoms with Crippen molar-refractivity contribution in [2.45, 2.75) is 30.4 Å². The van der Waals surface area contributed by atoms with Gasteiger partial charge in [-0.15, -0.1) is 23.1 Å². The summed E-state index contributed by atoms with van der Waals surface area (Å²) in [7, 11) is 0. The van der Waals surface area contributed by atoms with Gasteiger partial charge in [-0.05, 0) is 34.7 Å². The number of fused-ring (bicyclic) bond motifs is 1. The van der Waals surface area contributed by atoms with Gasteiger partial charge in [-0.2, -0.15) is 0 Å². The average molecular weight is 354 g/mol. The normalized spacial score (nSPS) is 10.9. The predicted octanol–water partition coefficient (Wildman–Crippen LogP) is 6.55. The molecule has 0 unspecified atom stereocenters. The quantitative estimate of drug-likeness (QED) is 0.364. The van der Waals surface area contributed by atoms with Crippen molar-refractivity contribution in [3.05, 3.63) is 70.9 Å². The number of hydrogen-bond acceptors (Lipinski definition) is 3. The van der Waals surface area contributed by atoms with Crippen molar-refractivity contribution in [2.75, 3.05) is 6.54 Å². The van der Waals surface area contributed by atoms with E-state index in [4.69, 9.17) is 0 Å². The van der Waals surface area contributed by atoms with Crippen LogP contribution in [-0.2, 0) is 5.75 Å². The molecule has 0 bridgehead atoms. The maximum absolute atomic E-state index is 4.22. The van der Waals surface area contributed by atoms with Crippen LogP contribution in [0.25, 0.3) is 16.5 Å². The highest BCUT2D eigenvalue weighted by molar-refractivity contribution is 7.98. The largest absolute Gasteiger partial charge is 0.385 e. The van der Waals surface area contributed by atoms with Crippen LogP contribution < -0.4 is 5.32 Å². The van der Waals surface area contributed by atoms with Gasteiger partial charge in [0.05, 0.1) is 0 Å². The molecule has 1 aromatic heterocycles. The van der Waals surface area contributed by atoms with E-state index < -0.39 is 0 Å². The number of thiophene rings is 1. The molecule has 2 aromatic carbocycles. The van der Waals surface area contributed by atoms with E-state index in [1.165, 1.54) is 39.0 Å². The molecule has 1 heterocycles. The van der Waals surface area contributed by atoms with Gasteiger partial charge < -0.3 is 5.32 Å². The van der Waals surface area contributed by atoms with Crippen LogP contribution in [0.1, 0.15) is 30.2 Å². The van der Waals surface area contributed by atoms with Crippen molar-refractivity contribution >= 4 is 39.6 Å². The predicted molar refractivity (Wildman–Crippen MR) is 110 cm³/mol. The maximum atomic E-state index is 4.22. The Hall–Kier alpha value is -1.71. The summed E-state index contributed by atoms with van der Waals surface area (Å²) in [5.41, 5.74) is 2.32. The van der Waals surface area contributed by atoms with E-state index in [0.717, 1.165) is 18.0 Å². The Bertz CT molecular complexity index is 814. The number of rotatable bonds is 8. The van der Waals surface area contributed by atoms with Gasteiger partial charge in [-0.3, -0.25) is 0 Å². The van der Waals surface area contributed by atoms with Crippen molar-refractivity contribution in [3.63, 3.8) is 0 Å². The fourth-order valence-electron chi connectivity index (χ4n) is 2.70. The Morgan fingerprint density at radius 1 is 1.12 bits per heavy atom. The molecule has 0 aliphatic carbocycles. The third-order valence-electron chi connectivity index (χ3n) is 4.05. The van der Waals surface area contributed by atoms with Crippen molar-refractivity contribution in [2.24, 2.45) is 0 Å². The lowest BCUT2D eigenvalue weighted by Crippen LogP contribution is -2.12. The first-order valence-corrected chi connectivity index (χ1v) is 10.3. The first kappa shape index (κ1) is 17.1. The van der Waals surface area contributed by atoms with Crippen molar-refractivity contribution < 1.29 is 0 Å². The van der Waals surface area contributed by atoms with Gasteiger partial charge in [-0.1, -0.05) is 56.3 Å². The minimum Gasteiger partial charge on any atom is -0.385 e. The third kappa shape index (κ3) is 4.03. The summed E-state index contributed by atoms with van der Waals surface area (Å²) in [6, 6.07) is 17.3. The van der Waals surface area contributed by atoms with Gasteiger partial charge in [0.15, 0.2) is 0 Å². The first-order valence-electron chi connectivity index (χ1n) is 8.39. The molecule has 0 saturated carbocycles. The molecule has 1 N–H and O–H groups in total. The minimum absolute atomic E-state index is 0.982. The summed E-state index contributed by atoms with van der Waals surface area (Å²) in [6.45, 7) is 7.43. The van der Waals surface area contributed by atoms with E-state index in [1.807, 2.05) is 23.1 Å². The van der Waals surface area contributed by atoms with Crippen LogP contribution in [0.5, 0.6) is 0 Å². The molecule has 0 fully saturated rings. The van der Waals surface area contributed by atoms with Crippen LogP contribution in [0.15, 0.2) is 65.4 Å². The molecule has 0 aliphatic rings. The molecule has 1 nitrogen and oxygen atoms in total. The van der Waals surface area contributed by atoms with E-state index in [1.54, 1.807) is 0 Å². The Kier molecular flexibility index (Phi) is 6.00. The molecule has 0 spiro atoms. The van der Waals surface area contributed by atoms with Crippen molar-refractivity contribution in [1.29, 1.82) is 0 Å². The lowest BCUT2D eigenvalue weighted by atomic mass is 10.1. The SMILES string of the molecule is C=C(NCCCC)c1ccsc1CSc1cccc2ccccc12. The molecule has 124 valence electrons. The average Bonchev–Trinajstić information content (AvgIpc) is 3.08. The number of benzene rings is 2. The standard InChI is InChI=1S/C21H23NS2/c1-3-4-13-22-16(2)18-12-14-23-21(18)15-24-20-11-7-9-17-8-5-6-10-19(17)20/h5-12,14,22H,2-4,13,15H2,1H3. The van der Waals surface area contributed by atoms with Gasteiger partial charge in [0.25, 0.3) is 0 Å². The van der Waals surface area contributed by atoms with Crippen LogP contribution in [0.4, 0.5) is 0 Å². The summed E-state index contributed by atoms with van der Waals surface area (Å²) in [6.07, 6.45) is 2.39. The van der Waals surface area contributed by atoms with E-state index in [-0.39, 0.29) is 0 Å². The third-order valence-corrected chi connectivity index (χ3v) is 6.25. The summed E-state index contributed by atoms with van der Waals surface area (Å²) < 4.78 is 0. The van der Waals surface area contributed by atoms with Gasteiger partial charge in [0.1, 0.15) is 0 Å². The second-order valence-corrected chi connectivity index (χ2v) is 7.80. The van der Waals surface area contributed by atoms with E-state index in [0.29, 0.717) is 0 Å². The van der Waals surface area contributed by atoms with Crippen molar-refractivity contribution in [1.82, 2.24) is 5.32 Å². The second-order valence-electron chi connectivity index (χ2n) is 5.78. The lowest BCUT2D eigenvalue weighted by molar-refractivity contribution is 0.745. The van der Waals surface area contributed by atoms with Gasteiger partial charge in [0.2, 0.25) is 0 Å². The van der Waals surface area contributed by atoms with Crippen LogP contribution in [0.3, 0.4) is 0 Å². The van der Waals surface area contributed by atoms with E-state index >= 15 is 0 Å². The van der Waals surface area contributed by atoms with Gasteiger partial charge in [0, 0.05) is 33.3 Å². The number of hydrogen-bond donors (Lipinski definition) is 1. The molecule has 3 rings (SSSR count). The van der Waals surface area contributed by atoms with Crippen molar-refractivity contribution in [3.8, 4) is 0 Å². The van der Waals surface area contributed by atoms with Crippen LogP contribution in [0.2, 0.25) is 0 Å². The highest BCUT2D eigenvalue weighted by Crippen LogP contribution is 2.33. The highest BCUT2D eigenvalue weighted by Gasteiger charge is 2.09. The molecule has 0 saturated heterocycles. The molecule has 0 atom stereocenters. The molecule has 3 aromatic rings. The smallest absolute Gasteiger partial charge is 0.0352 e. The number of unbranched alkanes of at least 4 members (excludes halogenated alkanes) is 1. The van der Waals surface area contributed by atoms with E-state index in [2.05, 4.69) is 72.7 Å². The number of nitrogens with one attached hydrogen (secondary N) is 1. The van der Waals surface area contributed by atoms with Gasteiger partial charge in [-0.25, -0.2) is 0 Å². The van der Waals surface area contributed by atoms with E-state index in [9.17, 15) is 0 Å². The summed E-state index contributed by atoms with van der Waals surface area (Å²) in [5, 5.41) is 8.27. The zero-order valence-electron chi connectivity index (χ0n) is 14.0.